The molecule has 0 radical (unpaired) electrons. The molecule has 0 unspecified atom stereocenters. The van der Waals surface area contributed by atoms with Crippen LogP contribution in [0.1, 0.15) is 11.5 Å². The van der Waals surface area contributed by atoms with Gasteiger partial charge in [0.05, 0.1) is 39.6 Å². The highest BCUT2D eigenvalue weighted by Crippen LogP contribution is 2.83. The number of nitriles is 2. The zero-order chi connectivity index (χ0) is 17.9. The fourth-order valence-electron chi connectivity index (χ4n) is 4.24. The van der Waals surface area contributed by atoms with E-state index in [4.69, 9.17) is 24.7 Å². The second-order valence-electron chi connectivity index (χ2n) is 6.16. The Hall–Kier alpha value is -2.81. The summed E-state index contributed by atoms with van der Waals surface area (Å²) in [7, 11) is 3.07. The van der Waals surface area contributed by atoms with Crippen molar-refractivity contribution in [3.05, 3.63) is 23.8 Å². The molecule has 1 saturated carbocycles. The molecule has 128 valence electrons. The molecular formula is C17H16N4O4. The number of fused-ring (bicyclic) bond motifs is 2. The van der Waals surface area contributed by atoms with Crippen LogP contribution in [0, 0.1) is 33.5 Å². The van der Waals surface area contributed by atoms with E-state index in [1.54, 1.807) is 25.3 Å². The van der Waals surface area contributed by atoms with Crippen molar-refractivity contribution in [3.8, 4) is 23.6 Å². The number of benzene rings is 1. The second-order valence-corrected chi connectivity index (χ2v) is 6.16. The Morgan fingerprint density at radius 2 is 1.92 bits per heavy atom. The molecule has 3 atom stereocenters. The zero-order valence-corrected chi connectivity index (χ0v) is 13.8. The smallest absolute Gasteiger partial charge is 0.293 e. The number of nitrogens with two attached hydrogens (primary N) is 1. The van der Waals surface area contributed by atoms with E-state index in [0.29, 0.717) is 17.1 Å². The summed E-state index contributed by atoms with van der Waals surface area (Å²) in [6.45, 7) is 0.572. The molecule has 1 aromatic carbocycles. The molecule has 0 bridgehead atoms. The molecule has 4 rings (SSSR count). The van der Waals surface area contributed by atoms with Crippen LogP contribution in [-0.2, 0) is 9.47 Å². The number of hydrogen-bond acceptors (Lipinski definition) is 8. The van der Waals surface area contributed by atoms with Gasteiger partial charge in [-0.1, -0.05) is 6.07 Å². The van der Waals surface area contributed by atoms with Crippen molar-refractivity contribution in [1.82, 2.24) is 0 Å². The summed E-state index contributed by atoms with van der Waals surface area (Å²) in [5, 5.41) is 20.0. The topological polar surface area (TPSA) is 123 Å². The Balaban J connectivity index is 1.92. The molecule has 3 aliphatic rings. The molecule has 2 aliphatic heterocycles. The molecule has 0 amide bonds. The molecule has 2 N–H and O–H groups in total. The van der Waals surface area contributed by atoms with E-state index >= 15 is 0 Å². The monoisotopic (exact) mass is 340 g/mol. The molecular weight excluding hydrogens is 324 g/mol. The average molecular weight is 340 g/mol. The Kier molecular flexibility index (Phi) is 3.05. The maximum absolute atomic E-state index is 10.0. The van der Waals surface area contributed by atoms with Crippen LogP contribution in [0.25, 0.3) is 0 Å². The van der Waals surface area contributed by atoms with Crippen molar-refractivity contribution in [2.75, 3.05) is 27.4 Å². The van der Waals surface area contributed by atoms with Crippen molar-refractivity contribution >= 4 is 5.84 Å². The van der Waals surface area contributed by atoms with Crippen LogP contribution < -0.4 is 15.2 Å². The molecule has 2 fully saturated rings. The Morgan fingerprint density at radius 1 is 1.20 bits per heavy atom. The first-order chi connectivity index (χ1) is 12.1. The third kappa shape index (κ3) is 1.50. The van der Waals surface area contributed by atoms with Crippen LogP contribution in [0.4, 0.5) is 0 Å². The average Bonchev–Trinajstić information content (AvgIpc) is 2.88. The van der Waals surface area contributed by atoms with Gasteiger partial charge in [-0.25, -0.2) is 4.99 Å². The molecule has 1 aromatic rings. The summed E-state index contributed by atoms with van der Waals surface area (Å²) in [6, 6.07) is 9.68. The van der Waals surface area contributed by atoms with Gasteiger partial charge in [-0.2, -0.15) is 10.5 Å². The highest BCUT2D eigenvalue weighted by molar-refractivity contribution is 6.00. The van der Waals surface area contributed by atoms with Crippen LogP contribution in [0.5, 0.6) is 11.5 Å². The first-order valence-corrected chi connectivity index (χ1v) is 7.75. The first kappa shape index (κ1) is 15.7. The van der Waals surface area contributed by atoms with E-state index < -0.39 is 22.7 Å². The highest BCUT2D eigenvalue weighted by Gasteiger charge is 2.94. The summed E-state index contributed by atoms with van der Waals surface area (Å²) >= 11 is 0. The van der Waals surface area contributed by atoms with Crippen LogP contribution in [0.3, 0.4) is 0 Å². The van der Waals surface area contributed by atoms with E-state index in [2.05, 4.69) is 17.1 Å². The number of rotatable bonds is 3. The highest BCUT2D eigenvalue weighted by atomic mass is 16.8. The van der Waals surface area contributed by atoms with Gasteiger partial charge < -0.3 is 24.7 Å². The molecule has 1 spiro atoms. The Bertz CT molecular complexity index is 864. The van der Waals surface area contributed by atoms with Crippen LogP contribution in [0.2, 0.25) is 0 Å². The van der Waals surface area contributed by atoms with Gasteiger partial charge in [-0.15, -0.1) is 0 Å². The normalized spacial score (nSPS) is 33.9. The van der Waals surface area contributed by atoms with Crippen molar-refractivity contribution < 1.29 is 18.9 Å². The number of nitrogens with zero attached hydrogens (tertiary/aromatic N) is 3. The van der Waals surface area contributed by atoms with Gasteiger partial charge >= 0.3 is 0 Å². The number of hydrogen-bond donors (Lipinski definition) is 1. The van der Waals surface area contributed by atoms with E-state index in [-0.39, 0.29) is 19.0 Å². The first-order valence-electron chi connectivity index (χ1n) is 7.75. The Labute approximate surface area is 144 Å². The minimum Gasteiger partial charge on any atom is -0.497 e. The number of methoxy groups -OCH3 is 2. The predicted octanol–water partition coefficient (Wildman–Crippen LogP) is 0.892. The molecule has 8 heteroatoms. The van der Waals surface area contributed by atoms with Gasteiger partial charge in [0.2, 0.25) is 0 Å². The van der Waals surface area contributed by atoms with E-state index in [1.165, 1.54) is 7.11 Å². The molecule has 25 heavy (non-hydrogen) atoms. The van der Waals surface area contributed by atoms with Crippen LogP contribution in [-0.4, -0.2) is 39.2 Å². The standard InChI is InChI=1S/C17H16N4O4/c1-22-10-3-4-11(12(7-10)23-2)13-15(8-18)14(20)21-17(16(13,15)9-19)24-5-6-25-17/h3-4,7,13H,5-6H2,1-2H3,(H2,20,21)/t13-,15-,16+/m0/s1. The molecule has 1 aliphatic carbocycles. The summed E-state index contributed by atoms with van der Waals surface area (Å²) in [6.07, 6.45) is 0. The van der Waals surface area contributed by atoms with Crippen LogP contribution in [0.15, 0.2) is 23.2 Å². The van der Waals surface area contributed by atoms with Gasteiger partial charge in [-0.3, -0.25) is 0 Å². The predicted molar refractivity (Wildman–Crippen MR) is 84.6 cm³/mol. The van der Waals surface area contributed by atoms with Crippen molar-refractivity contribution in [3.63, 3.8) is 0 Å². The largest absolute Gasteiger partial charge is 0.497 e. The lowest BCUT2D eigenvalue weighted by Crippen LogP contribution is -2.38. The zero-order valence-electron chi connectivity index (χ0n) is 13.8. The fraction of sp³-hybridized carbons (Fsp3) is 0.471. The third-order valence-corrected chi connectivity index (χ3v) is 5.36. The van der Waals surface area contributed by atoms with E-state index in [0.717, 1.165) is 0 Å². The lowest BCUT2D eigenvalue weighted by Gasteiger charge is -2.26. The molecule has 0 aromatic heterocycles. The van der Waals surface area contributed by atoms with Crippen molar-refractivity contribution in [2.24, 2.45) is 21.6 Å². The lowest BCUT2D eigenvalue weighted by atomic mass is 9.93. The van der Waals surface area contributed by atoms with E-state index in [1.807, 2.05) is 0 Å². The maximum Gasteiger partial charge on any atom is 0.293 e. The fourth-order valence-corrected chi connectivity index (χ4v) is 4.24. The quantitative estimate of drug-likeness (QED) is 0.866. The van der Waals surface area contributed by atoms with Crippen LogP contribution >= 0.6 is 0 Å². The minimum absolute atomic E-state index is 0.0568. The summed E-state index contributed by atoms with van der Waals surface area (Å²) in [5.41, 5.74) is 4.11. The van der Waals surface area contributed by atoms with Crippen molar-refractivity contribution in [2.45, 2.75) is 11.8 Å². The molecule has 1 saturated heterocycles. The van der Waals surface area contributed by atoms with Gasteiger partial charge in [0, 0.05) is 17.5 Å². The van der Waals surface area contributed by atoms with Crippen molar-refractivity contribution in [1.29, 1.82) is 10.5 Å². The number of aliphatic imine (C=N–C) groups is 1. The molecule has 8 nitrogen and oxygen atoms in total. The lowest BCUT2D eigenvalue weighted by molar-refractivity contribution is -0.184. The van der Waals surface area contributed by atoms with Gasteiger partial charge in [-0.05, 0) is 6.07 Å². The maximum atomic E-state index is 10.0. The summed E-state index contributed by atoms with van der Waals surface area (Å²) in [5.74, 6) is -0.957. The van der Waals surface area contributed by atoms with Gasteiger partial charge in [0.25, 0.3) is 5.91 Å². The van der Waals surface area contributed by atoms with E-state index in [9.17, 15) is 10.5 Å². The molecule has 2 heterocycles. The van der Waals surface area contributed by atoms with Gasteiger partial charge in [0.15, 0.2) is 5.41 Å². The second kappa shape index (κ2) is 4.85. The summed E-state index contributed by atoms with van der Waals surface area (Å²) in [4.78, 5) is 4.24. The third-order valence-electron chi connectivity index (χ3n) is 5.36. The SMILES string of the molecule is COc1ccc([C@@H]2[C@@]3(C#N)C4(N=C(N)[C@]23C#N)OCCO4)c(OC)c1. The summed E-state index contributed by atoms with van der Waals surface area (Å²) < 4.78 is 22.1. The minimum atomic E-state index is -1.54. The Morgan fingerprint density at radius 3 is 2.48 bits per heavy atom. The number of amidine groups is 1. The van der Waals surface area contributed by atoms with Gasteiger partial charge in [0.1, 0.15) is 22.7 Å². The number of ether oxygens (including phenoxy) is 4.